The van der Waals surface area contributed by atoms with E-state index in [-0.39, 0.29) is 11.8 Å². The predicted octanol–water partition coefficient (Wildman–Crippen LogP) is 0.804. The van der Waals surface area contributed by atoms with Gasteiger partial charge in [-0.2, -0.15) is 0 Å². The molecular weight excluding hydrogens is 256 g/mol. The number of hydrogen-bond acceptors (Lipinski definition) is 3. The second-order valence-corrected chi connectivity index (χ2v) is 5.64. The number of nitrogen functional groups attached to an aromatic ring is 1. The second-order valence-electron chi connectivity index (χ2n) is 5.64. The topological polar surface area (TPSA) is 89.2 Å². The molecule has 0 aromatic carbocycles. The van der Waals surface area contributed by atoms with E-state index in [1.165, 1.54) is 0 Å². The van der Waals surface area contributed by atoms with Crippen LogP contribution in [-0.2, 0) is 4.79 Å². The van der Waals surface area contributed by atoms with Crippen molar-refractivity contribution in [2.24, 2.45) is 0 Å². The van der Waals surface area contributed by atoms with E-state index in [2.05, 4.69) is 10.6 Å². The van der Waals surface area contributed by atoms with Gasteiger partial charge in [0.1, 0.15) is 5.69 Å². The van der Waals surface area contributed by atoms with Crippen LogP contribution in [0.5, 0.6) is 0 Å². The zero-order valence-corrected chi connectivity index (χ0v) is 11.4. The third-order valence-electron chi connectivity index (χ3n) is 3.62. The fraction of sp³-hybridized carbons (Fsp3) is 0.571. The van der Waals surface area contributed by atoms with Crippen molar-refractivity contribution in [3.63, 3.8) is 0 Å². The Morgan fingerprint density at radius 3 is 2.70 bits per heavy atom. The highest BCUT2D eigenvalue weighted by Gasteiger charge is 2.27. The van der Waals surface area contributed by atoms with Gasteiger partial charge in [0.05, 0.1) is 5.69 Å². The number of hydrogen-bond donors (Lipinski definition) is 3. The molecule has 4 N–H and O–H groups in total. The Morgan fingerprint density at radius 2 is 2.05 bits per heavy atom. The number of rotatable bonds is 6. The van der Waals surface area contributed by atoms with Gasteiger partial charge in [0, 0.05) is 31.2 Å². The lowest BCUT2D eigenvalue weighted by Gasteiger charge is -2.08. The molecule has 2 amide bonds. The molecule has 0 radical (unpaired) electrons. The van der Waals surface area contributed by atoms with E-state index < -0.39 is 0 Å². The van der Waals surface area contributed by atoms with Gasteiger partial charge in [-0.15, -0.1) is 0 Å². The first-order valence-corrected chi connectivity index (χ1v) is 7.18. The van der Waals surface area contributed by atoms with Crippen LogP contribution in [0.4, 0.5) is 5.69 Å². The summed E-state index contributed by atoms with van der Waals surface area (Å²) in [4.78, 5) is 23.6. The smallest absolute Gasteiger partial charge is 0.268 e. The quantitative estimate of drug-likeness (QED) is 0.718. The third kappa shape index (κ3) is 3.12. The van der Waals surface area contributed by atoms with E-state index in [0.29, 0.717) is 36.4 Å². The highest BCUT2D eigenvalue weighted by Crippen LogP contribution is 2.37. The third-order valence-corrected chi connectivity index (χ3v) is 3.62. The molecule has 2 saturated carbocycles. The Morgan fingerprint density at radius 1 is 1.30 bits per heavy atom. The average molecular weight is 276 g/mol. The van der Waals surface area contributed by atoms with Crippen LogP contribution in [0.1, 0.15) is 48.6 Å². The molecule has 0 spiro atoms. The number of carbonyl (C=O) groups excluding carboxylic acids is 2. The van der Waals surface area contributed by atoms with Crippen molar-refractivity contribution in [1.29, 1.82) is 0 Å². The van der Waals surface area contributed by atoms with Crippen LogP contribution in [0.25, 0.3) is 0 Å². The Bertz CT molecular complexity index is 529. The van der Waals surface area contributed by atoms with Crippen molar-refractivity contribution < 1.29 is 9.59 Å². The molecule has 2 fully saturated rings. The minimum Gasteiger partial charge on any atom is -0.397 e. The van der Waals surface area contributed by atoms with Crippen LogP contribution < -0.4 is 16.4 Å². The lowest BCUT2D eigenvalue weighted by Crippen LogP contribution is -2.32. The van der Waals surface area contributed by atoms with E-state index in [1.807, 2.05) is 10.8 Å². The maximum Gasteiger partial charge on any atom is 0.268 e. The van der Waals surface area contributed by atoms with Gasteiger partial charge in [0.25, 0.3) is 5.91 Å². The zero-order chi connectivity index (χ0) is 14.1. The summed E-state index contributed by atoms with van der Waals surface area (Å²) in [6.07, 6.45) is 6.48. The van der Waals surface area contributed by atoms with Gasteiger partial charge in [0.2, 0.25) is 5.91 Å². The number of nitrogens with two attached hydrogens (primary N) is 1. The van der Waals surface area contributed by atoms with Crippen molar-refractivity contribution in [3.05, 3.63) is 18.0 Å². The van der Waals surface area contributed by atoms with Gasteiger partial charge < -0.3 is 20.9 Å². The molecule has 108 valence electrons. The maximum atomic E-state index is 12.1. The van der Waals surface area contributed by atoms with Gasteiger partial charge >= 0.3 is 0 Å². The van der Waals surface area contributed by atoms with Crippen LogP contribution >= 0.6 is 0 Å². The Balaban J connectivity index is 1.49. The monoisotopic (exact) mass is 276 g/mol. The normalized spacial score (nSPS) is 17.8. The van der Waals surface area contributed by atoms with Crippen molar-refractivity contribution >= 4 is 17.5 Å². The van der Waals surface area contributed by atoms with Gasteiger partial charge in [-0.3, -0.25) is 9.59 Å². The Hall–Kier alpha value is -1.98. The lowest BCUT2D eigenvalue weighted by atomic mass is 10.3. The van der Waals surface area contributed by atoms with Crippen molar-refractivity contribution in [2.75, 3.05) is 12.3 Å². The van der Waals surface area contributed by atoms with Crippen LogP contribution in [0, 0.1) is 0 Å². The van der Waals surface area contributed by atoms with Crippen LogP contribution in [-0.4, -0.2) is 29.0 Å². The molecule has 1 aromatic rings. The van der Waals surface area contributed by atoms with Crippen molar-refractivity contribution in [2.45, 2.75) is 44.2 Å². The van der Waals surface area contributed by atoms with E-state index in [4.69, 9.17) is 5.73 Å². The summed E-state index contributed by atoms with van der Waals surface area (Å²) in [5.74, 6) is -0.155. The first kappa shape index (κ1) is 13.0. The number of anilines is 1. The summed E-state index contributed by atoms with van der Waals surface area (Å²) >= 11 is 0. The molecule has 1 aromatic heterocycles. The van der Waals surface area contributed by atoms with E-state index >= 15 is 0 Å². The number of aromatic nitrogens is 1. The second kappa shape index (κ2) is 5.19. The molecule has 0 atom stereocenters. The highest BCUT2D eigenvalue weighted by molar-refractivity contribution is 5.94. The molecule has 2 aliphatic rings. The molecule has 6 nitrogen and oxygen atoms in total. The molecule has 0 bridgehead atoms. The molecule has 6 heteroatoms. The fourth-order valence-corrected chi connectivity index (χ4v) is 2.25. The zero-order valence-electron chi connectivity index (χ0n) is 11.4. The molecule has 3 rings (SSSR count). The first-order valence-electron chi connectivity index (χ1n) is 7.18. The Labute approximate surface area is 117 Å². The average Bonchev–Trinajstić information content (AvgIpc) is 3.30. The molecular formula is C14H20N4O2. The molecule has 0 aliphatic heterocycles. The first-order chi connectivity index (χ1) is 9.63. The summed E-state index contributed by atoms with van der Waals surface area (Å²) in [7, 11) is 0. The van der Waals surface area contributed by atoms with Crippen LogP contribution in [0.3, 0.4) is 0 Å². The summed E-state index contributed by atoms with van der Waals surface area (Å²) < 4.78 is 1.94. The molecule has 20 heavy (non-hydrogen) atoms. The maximum absolute atomic E-state index is 12.1. The van der Waals surface area contributed by atoms with Gasteiger partial charge in [-0.05, 0) is 31.7 Å². The number of nitrogens with zero attached hydrogens (tertiary/aromatic N) is 1. The summed E-state index contributed by atoms with van der Waals surface area (Å²) in [6, 6.07) is 2.47. The molecule has 0 unspecified atom stereocenters. The fourth-order valence-electron chi connectivity index (χ4n) is 2.25. The minimum absolute atomic E-state index is 0.00453. The predicted molar refractivity (Wildman–Crippen MR) is 75.2 cm³/mol. The minimum atomic E-state index is -0.159. The summed E-state index contributed by atoms with van der Waals surface area (Å²) in [6.45, 7) is 0.354. The van der Waals surface area contributed by atoms with Gasteiger partial charge in [0.15, 0.2) is 0 Å². The van der Waals surface area contributed by atoms with E-state index in [9.17, 15) is 9.59 Å². The SMILES string of the molecule is Nc1cc(C(=O)NCCC(=O)NC2CC2)n(C2CC2)c1. The Kier molecular flexibility index (Phi) is 3.38. The number of carbonyl (C=O) groups is 2. The van der Waals surface area contributed by atoms with E-state index in [1.54, 1.807) is 6.07 Å². The summed E-state index contributed by atoms with van der Waals surface area (Å²) in [5.41, 5.74) is 6.95. The largest absolute Gasteiger partial charge is 0.397 e. The highest BCUT2D eigenvalue weighted by atomic mass is 16.2. The van der Waals surface area contributed by atoms with E-state index in [0.717, 1.165) is 25.7 Å². The van der Waals surface area contributed by atoms with Crippen LogP contribution in [0.15, 0.2) is 12.3 Å². The molecule has 2 aliphatic carbocycles. The van der Waals surface area contributed by atoms with Crippen LogP contribution in [0.2, 0.25) is 0 Å². The van der Waals surface area contributed by atoms with Crippen molar-refractivity contribution in [3.8, 4) is 0 Å². The number of amides is 2. The molecule has 0 saturated heterocycles. The molecule has 1 heterocycles. The standard InChI is InChI=1S/C14H20N4O2/c15-9-7-12(18(8-9)11-3-4-11)14(20)16-6-5-13(19)17-10-1-2-10/h7-8,10-11H,1-6,15H2,(H,16,20)(H,17,19). The lowest BCUT2D eigenvalue weighted by molar-refractivity contribution is -0.121. The van der Waals surface area contributed by atoms with Crippen molar-refractivity contribution in [1.82, 2.24) is 15.2 Å². The van der Waals surface area contributed by atoms with Gasteiger partial charge in [-0.25, -0.2) is 0 Å². The number of nitrogens with one attached hydrogen (secondary N) is 2. The summed E-state index contributed by atoms with van der Waals surface area (Å²) in [5, 5.41) is 5.68. The van der Waals surface area contributed by atoms with Gasteiger partial charge in [-0.1, -0.05) is 0 Å².